The molecule has 0 aliphatic carbocycles. The summed E-state index contributed by atoms with van der Waals surface area (Å²) < 4.78 is 0. The fourth-order valence-electron chi connectivity index (χ4n) is 3.50. The Bertz CT molecular complexity index is 1240. The molecular formula is C24H16NO5-. The van der Waals surface area contributed by atoms with E-state index >= 15 is 0 Å². The van der Waals surface area contributed by atoms with Gasteiger partial charge in [0.15, 0.2) is 5.78 Å². The Morgan fingerprint density at radius 1 is 0.767 bits per heavy atom. The summed E-state index contributed by atoms with van der Waals surface area (Å²) >= 11 is 0. The van der Waals surface area contributed by atoms with Crippen LogP contribution in [0, 0.1) is 13.8 Å². The summed E-state index contributed by atoms with van der Waals surface area (Å²) in [7, 11) is 0. The number of ketones is 1. The highest BCUT2D eigenvalue weighted by Crippen LogP contribution is 2.32. The highest BCUT2D eigenvalue weighted by Gasteiger charge is 2.38. The number of amides is 2. The van der Waals surface area contributed by atoms with E-state index in [0.717, 1.165) is 16.0 Å². The molecule has 0 radical (unpaired) electrons. The number of hydrogen-bond donors (Lipinski definition) is 0. The number of nitrogens with zero attached hydrogens (tertiary/aromatic N) is 1. The van der Waals surface area contributed by atoms with E-state index in [9.17, 15) is 24.3 Å². The minimum absolute atomic E-state index is 0.0366. The van der Waals surface area contributed by atoms with Crippen LogP contribution in [-0.2, 0) is 0 Å². The van der Waals surface area contributed by atoms with E-state index in [1.165, 1.54) is 42.5 Å². The largest absolute Gasteiger partial charge is 0.545 e. The number of aryl methyl sites for hydroxylation is 1. The maximum atomic E-state index is 13.0. The number of fused-ring (bicyclic) bond motifs is 1. The maximum Gasteiger partial charge on any atom is 0.266 e. The molecule has 1 aliphatic heterocycles. The van der Waals surface area contributed by atoms with E-state index in [4.69, 9.17) is 0 Å². The van der Waals surface area contributed by atoms with Gasteiger partial charge in [0.05, 0.1) is 22.8 Å². The predicted octanol–water partition coefficient (Wildman–Crippen LogP) is 2.70. The minimum atomic E-state index is -1.33. The lowest BCUT2D eigenvalue weighted by Crippen LogP contribution is -2.30. The first-order chi connectivity index (χ1) is 14.3. The van der Waals surface area contributed by atoms with Gasteiger partial charge in [-0.3, -0.25) is 14.4 Å². The second kappa shape index (κ2) is 7.08. The zero-order valence-corrected chi connectivity index (χ0v) is 16.3. The van der Waals surface area contributed by atoms with Gasteiger partial charge in [0.2, 0.25) is 0 Å². The van der Waals surface area contributed by atoms with E-state index < -0.39 is 17.8 Å². The van der Waals surface area contributed by atoms with Crippen molar-refractivity contribution in [1.82, 2.24) is 0 Å². The lowest BCUT2D eigenvalue weighted by molar-refractivity contribution is -0.255. The van der Waals surface area contributed by atoms with Gasteiger partial charge in [-0.15, -0.1) is 0 Å². The van der Waals surface area contributed by atoms with Crippen molar-refractivity contribution >= 4 is 29.3 Å². The third-order valence-corrected chi connectivity index (χ3v) is 5.35. The summed E-state index contributed by atoms with van der Waals surface area (Å²) in [6, 6.07) is 15.1. The van der Waals surface area contributed by atoms with Crippen molar-refractivity contribution < 1.29 is 24.3 Å². The smallest absolute Gasteiger partial charge is 0.266 e. The van der Waals surface area contributed by atoms with Crippen LogP contribution in [0.2, 0.25) is 0 Å². The van der Waals surface area contributed by atoms with Crippen molar-refractivity contribution in [3.63, 3.8) is 0 Å². The summed E-state index contributed by atoms with van der Waals surface area (Å²) in [5.41, 5.74) is 3.18. The van der Waals surface area contributed by atoms with Crippen LogP contribution in [0.3, 0.4) is 0 Å². The molecule has 0 N–H and O–H groups in total. The Labute approximate surface area is 172 Å². The molecule has 1 heterocycles. The quantitative estimate of drug-likeness (QED) is 0.497. The topological polar surface area (TPSA) is 94.6 Å². The highest BCUT2D eigenvalue weighted by atomic mass is 16.4. The molecule has 0 aromatic heterocycles. The first-order valence-electron chi connectivity index (χ1n) is 9.24. The van der Waals surface area contributed by atoms with Gasteiger partial charge in [0, 0.05) is 11.1 Å². The van der Waals surface area contributed by atoms with E-state index in [1.54, 1.807) is 12.1 Å². The second-order valence-electron chi connectivity index (χ2n) is 7.12. The van der Waals surface area contributed by atoms with Gasteiger partial charge in [-0.05, 0) is 48.7 Å². The van der Waals surface area contributed by atoms with Gasteiger partial charge < -0.3 is 9.90 Å². The Kier molecular flexibility index (Phi) is 4.54. The number of carbonyl (C=O) groups excluding carboxylic acids is 4. The Morgan fingerprint density at radius 2 is 1.37 bits per heavy atom. The van der Waals surface area contributed by atoms with Crippen molar-refractivity contribution in [2.75, 3.05) is 4.90 Å². The molecule has 3 aromatic carbocycles. The van der Waals surface area contributed by atoms with Gasteiger partial charge in [-0.2, -0.15) is 0 Å². The van der Waals surface area contributed by atoms with Gasteiger partial charge in [-0.1, -0.05) is 42.5 Å². The van der Waals surface area contributed by atoms with Crippen molar-refractivity contribution in [2.45, 2.75) is 13.8 Å². The zero-order valence-electron chi connectivity index (χ0n) is 16.3. The van der Waals surface area contributed by atoms with Crippen molar-refractivity contribution in [1.29, 1.82) is 0 Å². The van der Waals surface area contributed by atoms with Gasteiger partial charge >= 0.3 is 0 Å². The Balaban J connectivity index is 1.70. The Morgan fingerprint density at radius 3 is 2.03 bits per heavy atom. The van der Waals surface area contributed by atoms with Gasteiger partial charge in [0.25, 0.3) is 11.8 Å². The SMILES string of the molecule is Cc1cccc(N2C(=O)c3ccc(C(=O)c4ccc(C(=O)[O-])cc4)cc3C2=O)c1C. The van der Waals surface area contributed by atoms with Crippen molar-refractivity contribution in [2.24, 2.45) is 0 Å². The monoisotopic (exact) mass is 398 g/mol. The first-order valence-corrected chi connectivity index (χ1v) is 9.24. The van der Waals surface area contributed by atoms with Crippen molar-refractivity contribution in [3.8, 4) is 0 Å². The number of carbonyl (C=O) groups is 4. The molecule has 0 bridgehead atoms. The lowest BCUT2D eigenvalue weighted by Gasteiger charge is -2.17. The lowest BCUT2D eigenvalue weighted by atomic mass is 9.98. The summed E-state index contributed by atoms with van der Waals surface area (Å²) in [5, 5.41) is 10.9. The number of hydrogen-bond acceptors (Lipinski definition) is 5. The maximum absolute atomic E-state index is 13.0. The fourth-order valence-corrected chi connectivity index (χ4v) is 3.50. The van der Waals surface area contributed by atoms with Crippen LogP contribution < -0.4 is 10.0 Å². The molecule has 2 amide bonds. The molecule has 30 heavy (non-hydrogen) atoms. The standard InChI is InChI=1S/C24H17NO5/c1-13-4-3-5-20(14(13)2)25-22(27)18-11-10-17(12-19(18)23(25)28)21(26)15-6-8-16(9-7-15)24(29)30/h3-12H,1-2H3,(H,29,30)/p-1. The van der Waals surface area contributed by atoms with Crippen LogP contribution in [0.15, 0.2) is 60.7 Å². The van der Waals surface area contributed by atoms with Crippen LogP contribution in [0.4, 0.5) is 5.69 Å². The molecule has 1 aliphatic rings. The van der Waals surface area contributed by atoms with E-state index in [-0.39, 0.29) is 33.6 Å². The average Bonchev–Trinajstić information content (AvgIpc) is 2.99. The number of anilines is 1. The summed E-state index contributed by atoms with van der Waals surface area (Å²) in [4.78, 5) is 50.7. The fraction of sp³-hybridized carbons (Fsp3) is 0.0833. The van der Waals surface area contributed by atoms with Gasteiger partial charge in [0.1, 0.15) is 0 Å². The predicted molar refractivity (Wildman–Crippen MR) is 108 cm³/mol. The van der Waals surface area contributed by atoms with Crippen LogP contribution >= 0.6 is 0 Å². The average molecular weight is 398 g/mol. The molecule has 148 valence electrons. The molecule has 6 heteroatoms. The van der Waals surface area contributed by atoms with Crippen LogP contribution in [-0.4, -0.2) is 23.6 Å². The summed E-state index contributed by atoms with van der Waals surface area (Å²) in [5.74, 6) is -2.62. The first kappa shape index (κ1) is 19.3. The molecule has 0 unspecified atom stereocenters. The molecule has 0 saturated heterocycles. The minimum Gasteiger partial charge on any atom is -0.545 e. The third-order valence-electron chi connectivity index (χ3n) is 5.35. The number of benzene rings is 3. The molecule has 0 saturated carbocycles. The van der Waals surface area contributed by atoms with Crippen molar-refractivity contribution in [3.05, 3.63) is 99.6 Å². The van der Waals surface area contributed by atoms with Crippen LogP contribution in [0.25, 0.3) is 0 Å². The molecule has 0 atom stereocenters. The number of carboxylic acids is 1. The molecule has 4 rings (SSSR count). The number of imide groups is 1. The van der Waals surface area contributed by atoms with E-state index in [0.29, 0.717) is 5.69 Å². The highest BCUT2D eigenvalue weighted by molar-refractivity contribution is 6.35. The number of aromatic carboxylic acids is 1. The van der Waals surface area contributed by atoms with E-state index in [2.05, 4.69) is 0 Å². The summed E-state index contributed by atoms with van der Waals surface area (Å²) in [6.45, 7) is 3.75. The molecule has 3 aromatic rings. The third kappa shape index (κ3) is 2.99. The zero-order chi connectivity index (χ0) is 21.6. The number of rotatable bonds is 4. The van der Waals surface area contributed by atoms with Gasteiger partial charge in [-0.25, -0.2) is 4.90 Å². The van der Waals surface area contributed by atoms with Crippen LogP contribution in [0.5, 0.6) is 0 Å². The molecule has 0 spiro atoms. The van der Waals surface area contributed by atoms with Crippen LogP contribution in [0.1, 0.15) is 58.1 Å². The molecule has 6 nitrogen and oxygen atoms in total. The second-order valence-corrected chi connectivity index (χ2v) is 7.12. The number of carboxylic acid groups (broad SMARTS) is 1. The summed E-state index contributed by atoms with van der Waals surface area (Å²) in [6.07, 6.45) is 0. The van der Waals surface area contributed by atoms with E-state index in [1.807, 2.05) is 19.9 Å². The Hall–Kier alpha value is -4.06. The normalized spacial score (nSPS) is 12.8. The molecule has 0 fully saturated rings. The molecular weight excluding hydrogens is 382 g/mol.